The van der Waals surface area contributed by atoms with Gasteiger partial charge in [0.1, 0.15) is 9.52 Å². The first kappa shape index (κ1) is 11.1. The number of aromatic nitrogens is 1. The molecule has 1 aromatic heterocycles. The Hall–Kier alpha value is 0.0200. The molecule has 2 nitrogen and oxygen atoms in total. The summed E-state index contributed by atoms with van der Waals surface area (Å²) in [6.45, 7) is 0. The van der Waals surface area contributed by atoms with Crippen LogP contribution in [0.5, 0.6) is 0 Å². The molecule has 0 bridgehead atoms. The summed E-state index contributed by atoms with van der Waals surface area (Å²) in [5.74, 6) is -0.0867. The van der Waals surface area contributed by atoms with E-state index < -0.39 is 6.43 Å². The standard InChI is InChI=1S/C7H6BrF2IN2/c8-2-3-1-4(11)13-7(12)5(3)6(9)10/h1,6H,2H2,(H2,12,13). The van der Waals surface area contributed by atoms with Crippen molar-refractivity contribution in [3.8, 4) is 0 Å². The van der Waals surface area contributed by atoms with Crippen molar-refractivity contribution in [2.75, 3.05) is 5.73 Å². The molecule has 0 unspecified atom stereocenters. The summed E-state index contributed by atoms with van der Waals surface area (Å²) >= 11 is 5.06. The number of nitrogens with zero attached hydrogens (tertiary/aromatic N) is 1. The van der Waals surface area contributed by atoms with Crippen molar-refractivity contribution in [1.82, 2.24) is 4.98 Å². The molecule has 0 atom stereocenters. The van der Waals surface area contributed by atoms with Gasteiger partial charge in [0.2, 0.25) is 0 Å². The number of hydrogen-bond acceptors (Lipinski definition) is 2. The Morgan fingerprint density at radius 2 is 2.23 bits per heavy atom. The van der Waals surface area contributed by atoms with Crippen LogP contribution in [-0.4, -0.2) is 4.98 Å². The summed E-state index contributed by atoms with van der Waals surface area (Å²) < 4.78 is 25.5. The molecule has 0 aliphatic heterocycles. The van der Waals surface area contributed by atoms with Crippen molar-refractivity contribution in [1.29, 1.82) is 0 Å². The largest absolute Gasteiger partial charge is 0.383 e. The maximum absolute atomic E-state index is 12.5. The molecule has 0 saturated carbocycles. The number of rotatable bonds is 2. The summed E-state index contributed by atoms with van der Waals surface area (Å²) in [5, 5.41) is 0.357. The Balaban J connectivity index is 3.30. The van der Waals surface area contributed by atoms with E-state index in [1.165, 1.54) is 0 Å². The van der Waals surface area contributed by atoms with Crippen molar-refractivity contribution in [2.24, 2.45) is 0 Å². The molecule has 2 N–H and O–H groups in total. The number of anilines is 1. The number of pyridine rings is 1. The third kappa shape index (κ3) is 2.49. The zero-order chi connectivity index (χ0) is 10.0. The van der Waals surface area contributed by atoms with Crippen LogP contribution in [0.3, 0.4) is 0 Å². The van der Waals surface area contributed by atoms with Crippen molar-refractivity contribution in [3.05, 3.63) is 20.9 Å². The number of alkyl halides is 3. The maximum atomic E-state index is 12.5. The Labute approximate surface area is 96.2 Å². The number of halogens is 4. The zero-order valence-electron chi connectivity index (χ0n) is 6.40. The summed E-state index contributed by atoms with van der Waals surface area (Å²) in [6.07, 6.45) is -2.57. The summed E-state index contributed by atoms with van der Waals surface area (Å²) in [4.78, 5) is 3.77. The number of nitrogens with two attached hydrogens (primary N) is 1. The molecule has 0 saturated heterocycles. The maximum Gasteiger partial charge on any atom is 0.267 e. The molecule has 0 aromatic carbocycles. The SMILES string of the molecule is Nc1nc(I)cc(CBr)c1C(F)F. The van der Waals surface area contributed by atoms with Gasteiger partial charge in [-0.25, -0.2) is 13.8 Å². The molecule has 1 rings (SSSR count). The molecule has 0 aliphatic carbocycles. The first-order valence-corrected chi connectivity index (χ1v) is 5.55. The minimum Gasteiger partial charge on any atom is -0.383 e. The van der Waals surface area contributed by atoms with Crippen LogP contribution in [0.1, 0.15) is 17.6 Å². The van der Waals surface area contributed by atoms with Gasteiger partial charge < -0.3 is 5.73 Å². The predicted molar refractivity (Wildman–Crippen MR) is 59.0 cm³/mol. The average Bonchev–Trinajstić information content (AvgIpc) is 2.01. The molecule has 13 heavy (non-hydrogen) atoms. The molecule has 0 fully saturated rings. The van der Waals surface area contributed by atoms with Crippen LogP contribution in [0.2, 0.25) is 0 Å². The highest BCUT2D eigenvalue weighted by molar-refractivity contribution is 14.1. The molecule has 0 amide bonds. The first-order chi connectivity index (χ1) is 6.06. The van der Waals surface area contributed by atoms with Crippen LogP contribution in [0.15, 0.2) is 6.07 Å². The Kier molecular flexibility index (Phi) is 3.84. The highest BCUT2D eigenvalue weighted by atomic mass is 127. The first-order valence-electron chi connectivity index (χ1n) is 3.35. The Bertz CT molecular complexity index is 320. The highest BCUT2D eigenvalue weighted by Gasteiger charge is 2.17. The minimum atomic E-state index is -2.57. The quantitative estimate of drug-likeness (QED) is 0.499. The van der Waals surface area contributed by atoms with E-state index >= 15 is 0 Å². The third-order valence-corrected chi connectivity index (χ3v) is 2.66. The van der Waals surface area contributed by atoms with Crippen molar-refractivity contribution < 1.29 is 8.78 Å². The normalized spacial score (nSPS) is 10.8. The molecule has 72 valence electrons. The van der Waals surface area contributed by atoms with Gasteiger partial charge in [-0.1, -0.05) is 15.9 Å². The van der Waals surface area contributed by atoms with Gasteiger partial charge in [-0.2, -0.15) is 0 Å². The van der Waals surface area contributed by atoms with Gasteiger partial charge in [0.25, 0.3) is 6.43 Å². The second kappa shape index (κ2) is 4.50. The highest BCUT2D eigenvalue weighted by Crippen LogP contribution is 2.29. The fourth-order valence-corrected chi connectivity index (χ4v) is 2.06. The van der Waals surface area contributed by atoms with E-state index in [4.69, 9.17) is 5.73 Å². The lowest BCUT2D eigenvalue weighted by atomic mass is 10.1. The fraction of sp³-hybridized carbons (Fsp3) is 0.286. The van der Waals surface area contributed by atoms with Gasteiger partial charge in [0.05, 0.1) is 5.56 Å². The monoisotopic (exact) mass is 362 g/mol. The summed E-state index contributed by atoms with van der Waals surface area (Å²) in [6, 6.07) is 1.59. The molecule has 1 heterocycles. The van der Waals surface area contributed by atoms with Crippen LogP contribution < -0.4 is 5.73 Å². The Morgan fingerprint density at radius 1 is 1.62 bits per heavy atom. The van der Waals surface area contributed by atoms with Gasteiger partial charge in [0.15, 0.2) is 0 Å². The van der Waals surface area contributed by atoms with E-state index in [1.807, 2.05) is 22.6 Å². The topological polar surface area (TPSA) is 38.9 Å². The molecular weight excluding hydrogens is 357 g/mol. The smallest absolute Gasteiger partial charge is 0.267 e. The zero-order valence-corrected chi connectivity index (χ0v) is 10.1. The van der Waals surface area contributed by atoms with E-state index in [9.17, 15) is 8.78 Å². The van der Waals surface area contributed by atoms with Gasteiger partial charge in [-0.3, -0.25) is 0 Å². The average molecular weight is 363 g/mol. The van der Waals surface area contributed by atoms with Gasteiger partial charge in [0, 0.05) is 5.33 Å². The lowest BCUT2D eigenvalue weighted by Gasteiger charge is -2.09. The number of hydrogen-bond donors (Lipinski definition) is 1. The van der Waals surface area contributed by atoms with Crippen LogP contribution in [0.25, 0.3) is 0 Å². The van der Waals surface area contributed by atoms with Gasteiger partial charge >= 0.3 is 0 Å². The van der Waals surface area contributed by atoms with Crippen LogP contribution in [0, 0.1) is 3.70 Å². The Morgan fingerprint density at radius 3 is 2.69 bits per heavy atom. The van der Waals surface area contributed by atoms with E-state index in [2.05, 4.69) is 20.9 Å². The van der Waals surface area contributed by atoms with Gasteiger partial charge in [-0.15, -0.1) is 0 Å². The van der Waals surface area contributed by atoms with E-state index in [-0.39, 0.29) is 11.4 Å². The van der Waals surface area contributed by atoms with Crippen LogP contribution in [-0.2, 0) is 5.33 Å². The molecular formula is C7H6BrF2IN2. The van der Waals surface area contributed by atoms with E-state index in [0.717, 1.165) is 0 Å². The van der Waals surface area contributed by atoms with Crippen molar-refractivity contribution in [2.45, 2.75) is 11.8 Å². The van der Waals surface area contributed by atoms with Crippen LogP contribution in [0.4, 0.5) is 14.6 Å². The van der Waals surface area contributed by atoms with Gasteiger partial charge in [-0.05, 0) is 34.2 Å². The van der Waals surface area contributed by atoms with E-state index in [1.54, 1.807) is 6.07 Å². The molecule has 6 heteroatoms. The summed E-state index contributed by atoms with van der Waals surface area (Å²) in [7, 11) is 0. The predicted octanol–water partition coefficient (Wildman–Crippen LogP) is 3.10. The lowest BCUT2D eigenvalue weighted by molar-refractivity contribution is 0.151. The fourth-order valence-electron chi connectivity index (χ4n) is 0.956. The van der Waals surface area contributed by atoms with Crippen molar-refractivity contribution >= 4 is 44.3 Å². The molecule has 0 spiro atoms. The molecule has 0 aliphatic rings. The third-order valence-electron chi connectivity index (χ3n) is 1.50. The minimum absolute atomic E-state index is 0.0867. The molecule has 1 aromatic rings. The van der Waals surface area contributed by atoms with Crippen molar-refractivity contribution in [3.63, 3.8) is 0 Å². The van der Waals surface area contributed by atoms with E-state index in [0.29, 0.717) is 14.6 Å². The number of nitrogen functional groups attached to an aromatic ring is 1. The second-order valence-electron chi connectivity index (χ2n) is 2.34. The second-order valence-corrected chi connectivity index (χ2v) is 4.00. The lowest BCUT2D eigenvalue weighted by Crippen LogP contribution is -2.03. The molecule has 0 radical (unpaired) electrons. The van der Waals surface area contributed by atoms with Crippen LogP contribution >= 0.6 is 38.5 Å². The summed E-state index contributed by atoms with van der Waals surface area (Å²) in [5.41, 5.74) is 5.71.